The van der Waals surface area contributed by atoms with Crippen molar-refractivity contribution in [3.63, 3.8) is 0 Å². The first kappa shape index (κ1) is 11.7. The molecule has 0 fully saturated rings. The van der Waals surface area contributed by atoms with Gasteiger partial charge in [-0.2, -0.15) is 5.10 Å². The molecule has 6 heteroatoms. The number of benzene rings is 1. The highest BCUT2D eigenvalue weighted by atomic mass is 32.2. The van der Waals surface area contributed by atoms with E-state index < -0.39 is 9.84 Å². The van der Waals surface area contributed by atoms with E-state index in [0.29, 0.717) is 5.69 Å². The Hall–Kier alpha value is -1.82. The van der Waals surface area contributed by atoms with E-state index >= 15 is 0 Å². The van der Waals surface area contributed by atoms with Gasteiger partial charge in [0.15, 0.2) is 9.84 Å². The van der Waals surface area contributed by atoms with Gasteiger partial charge in [0, 0.05) is 12.5 Å². The molecule has 1 aromatic carbocycles. The molecule has 2 rings (SSSR count). The first-order valence-corrected chi connectivity index (χ1v) is 6.89. The number of rotatable bonds is 2. The average molecular weight is 251 g/mol. The van der Waals surface area contributed by atoms with Crippen LogP contribution in [0.15, 0.2) is 35.5 Å². The van der Waals surface area contributed by atoms with E-state index in [9.17, 15) is 8.42 Å². The lowest BCUT2D eigenvalue weighted by Crippen LogP contribution is -2.07. The van der Waals surface area contributed by atoms with Gasteiger partial charge in [-0.3, -0.25) is 0 Å². The third kappa shape index (κ3) is 2.16. The fourth-order valence-electron chi connectivity index (χ4n) is 1.60. The Labute approximate surface area is 99.8 Å². The Balaban J connectivity index is 2.65. The Morgan fingerprint density at radius 1 is 1.35 bits per heavy atom. The van der Waals surface area contributed by atoms with Crippen LogP contribution >= 0.6 is 0 Å². The Morgan fingerprint density at radius 3 is 2.59 bits per heavy atom. The van der Waals surface area contributed by atoms with Crippen LogP contribution in [0.3, 0.4) is 0 Å². The summed E-state index contributed by atoms with van der Waals surface area (Å²) in [5, 5.41) is 4.11. The lowest BCUT2D eigenvalue weighted by atomic mass is 10.2. The van der Waals surface area contributed by atoms with Crippen molar-refractivity contribution in [1.82, 2.24) is 9.78 Å². The quantitative estimate of drug-likeness (QED) is 0.813. The summed E-state index contributed by atoms with van der Waals surface area (Å²) in [6, 6.07) is 4.88. The van der Waals surface area contributed by atoms with E-state index in [4.69, 9.17) is 5.73 Å². The van der Waals surface area contributed by atoms with Crippen molar-refractivity contribution in [2.75, 3.05) is 12.0 Å². The van der Waals surface area contributed by atoms with Gasteiger partial charge >= 0.3 is 0 Å². The van der Waals surface area contributed by atoms with Gasteiger partial charge in [0.25, 0.3) is 0 Å². The number of hydrogen-bond donors (Lipinski definition) is 1. The van der Waals surface area contributed by atoms with Crippen molar-refractivity contribution < 1.29 is 8.42 Å². The molecule has 90 valence electrons. The summed E-state index contributed by atoms with van der Waals surface area (Å²) >= 11 is 0. The molecule has 0 atom stereocenters. The fraction of sp³-hybridized carbons (Fsp3) is 0.182. The van der Waals surface area contributed by atoms with E-state index in [0.717, 1.165) is 11.8 Å². The number of hydrogen-bond acceptors (Lipinski definition) is 4. The molecule has 0 saturated carbocycles. The Kier molecular flexibility index (Phi) is 2.66. The van der Waals surface area contributed by atoms with Crippen LogP contribution in [0.5, 0.6) is 0 Å². The number of nitrogens with zero attached hydrogens (tertiary/aromatic N) is 2. The summed E-state index contributed by atoms with van der Waals surface area (Å²) in [6.07, 6.45) is 4.61. The highest BCUT2D eigenvalue weighted by molar-refractivity contribution is 7.90. The van der Waals surface area contributed by atoms with Gasteiger partial charge in [-0.1, -0.05) is 6.07 Å². The minimum Gasteiger partial charge on any atom is -0.396 e. The van der Waals surface area contributed by atoms with Crippen molar-refractivity contribution in [3.8, 4) is 5.69 Å². The summed E-state index contributed by atoms with van der Waals surface area (Å²) in [5.74, 6) is 0. The molecule has 0 bridgehead atoms. The first-order chi connectivity index (χ1) is 7.89. The number of aromatic nitrogens is 2. The molecule has 0 aliphatic carbocycles. The monoisotopic (exact) mass is 251 g/mol. The predicted molar refractivity (Wildman–Crippen MR) is 65.8 cm³/mol. The summed E-state index contributed by atoms with van der Waals surface area (Å²) < 4.78 is 24.6. The lowest BCUT2D eigenvalue weighted by Gasteiger charge is -2.09. The molecular weight excluding hydrogens is 238 g/mol. The maximum absolute atomic E-state index is 11.5. The molecule has 17 heavy (non-hydrogen) atoms. The molecule has 0 radical (unpaired) electrons. The number of aryl methyl sites for hydroxylation is 1. The van der Waals surface area contributed by atoms with E-state index in [1.54, 1.807) is 29.2 Å². The minimum absolute atomic E-state index is 0.128. The van der Waals surface area contributed by atoms with Crippen molar-refractivity contribution in [2.45, 2.75) is 11.8 Å². The van der Waals surface area contributed by atoms with Crippen LogP contribution in [0, 0.1) is 6.92 Å². The largest absolute Gasteiger partial charge is 0.396 e. The zero-order valence-electron chi connectivity index (χ0n) is 9.58. The van der Waals surface area contributed by atoms with Crippen molar-refractivity contribution in [2.24, 2.45) is 0 Å². The van der Waals surface area contributed by atoms with E-state index in [1.165, 1.54) is 6.07 Å². The van der Waals surface area contributed by atoms with Crippen LogP contribution in [0.2, 0.25) is 0 Å². The molecule has 5 nitrogen and oxygen atoms in total. The number of para-hydroxylation sites is 1. The van der Waals surface area contributed by atoms with Crippen molar-refractivity contribution in [1.29, 1.82) is 0 Å². The Morgan fingerprint density at radius 2 is 2.06 bits per heavy atom. The molecule has 0 spiro atoms. The number of sulfone groups is 1. The van der Waals surface area contributed by atoms with Crippen LogP contribution in [0.1, 0.15) is 5.56 Å². The standard InChI is InChI=1S/C11H13N3O2S/c1-8-6-13-14(7-8)9-4-3-5-10(11(9)12)17(2,15)16/h3-7H,12H2,1-2H3. The smallest absolute Gasteiger partial charge is 0.177 e. The molecular formula is C11H13N3O2S. The van der Waals surface area contributed by atoms with E-state index in [2.05, 4.69) is 5.10 Å². The molecule has 2 aromatic rings. The molecule has 0 unspecified atom stereocenters. The minimum atomic E-state index is -3.32. The van der Waals surface area contributed by atoms with Crippen LogP contribution in [0.4, 0.5) is 5.69 Å². The third-order valence-electron chi connectivity index (χ3n) is 2.40. The highest BCUT2D eigenvalue weighted by Gasteiger charge is 2.15. The summed E-state index contributed by atoms with van der Waals surface area (Å²) in [5.41, 5.74) is 7.64. The van der Waals surface area contributed by atoms with Crippen LogP contribution in [0.25, 0.3) is 5.69 Å². The number of nitrogens with two attached hydrogens (primary N) is 1. The van der Waals surface area contributed by atoms with Gasteiger partial charge in [0.05, 0.1) is 22.5 Å². The number of anilines is 1. The van der Waals surface area contributed by atoms with E-state index in [-0.39, 0.29) is 10.6 Å². The van der Waals surface area contributed by atoms with Crippen molar-refractivity contribution in [3.05, 3.63) is 36.2 Å². The molecule has 2 N–H and O–H groups in total. The number of nitrogen functional groups attached to an aromatic ring is 1. The summed E-state index contributed by atoms with van der Waals surface area (Å²) in [7, 11) is -3.32. The van der Waals surface area contributed by atoms with Gasteiger partial charge in [0.2, 0.25) is 0 Å². The van der Waals surface area contributed by atoms with Crippen LogP contribution < -0.4 is 5.73 Å². The molecule has 0 aliphatic heterocycles. The first-order valence-electron chi connectivity index (χ1n) is 5.00. The second kappa shape index (κ2) is 3.89. The maximum atomic E-state index is 11.5. The van der Waals surface area contributed by atoms with Gasteiger partial charge in [-0.15, -0.1) is 0 Å². The fourth-order valence-corrected chi connectivity index (χ4v) is 2.43. The SMILES string of the molecule is Cc1cnn(-c2cccc(S(C)(=O)=O)c2N)c1. The zero-order valence-corrected chi connectivity index (χ0v) is 10.4. The zero-order chi connectivity index (χ0) is 12.6. The highest BCUT2D eigenvalue weighted by Crippen LogP contribution is 2.25. The molecule has 0 saturated heterocycles. The van der Waals surface area contributed by atoms with Gasteiger partial charge < -0.3 is 5.73 Å². The predicted octanol–water partition coefficient (Wildman–Crippen LogP) is 1.17. The second-order valence-electron chi connectivity index (χ2n) is 3.92. The maximum Gasteiger partial charge on any atom is 0.177 e. The summed E-state index contributed by atoms with van der Waals surface area (Å²) in [6.45, 7) is 1.90. The second-order valence-corrected chi connectivity index (χ2v) is 5.91. The molecule has 1 aromatic heterocycles. The van der Waals surface area contributed by atoms with Gasteiger partial charge in [0.1, 0.15) is 0 Å². The van der Waals surface area contributed by atoms with Crippen molar-refractivity contribution >= 4 is 15.5 Å². The summed E-state index contributed by atoms with van der Waals surface area (Å²) in [4.78, 5) is 0.128. The topological polar surface area (TPSA) is 78.0 Å². The molecule has 0 amide bonds. The normalized spacial score (nSPS) is 11.6. The van der Waals surface area contributed by atoms with E-state index in [1.807, 2.05) is 6.92 Å². The van der Waals surface area contributed by atoms with Gasteiger partial charge in [-0.25, -0.2) is 13.1 Å². The Bertz CT molecular complexity index is 659. The molecule has 0 aliphatic rings. The molecule has 1 heterocycles. The third-order valence-corrected chi connectivity index (χ3v) is 3.56. The van der Waals surface area contributed by atoms with Crippen LogP contribution in [-0.4, -0.2) is 24.5 Å². The van der Waals surface area contributed by atoms with Gasteiger partial charge in [-0.05, 0) is 24.6 Å². The lowest BCUT2D eigenvalue weighted by molar-refractivity contribution is 0.602. The van der Waals surface area contributed by atoms with Crippen LogP contribution in [-0.2, 0) is 9.84 Å². The average Bonchev–Trinajstić information content (AvgIpc) is 2.63.